The van der Waals surface area contributed by atoms with Crippen molar-refractivity contribution in [3.05, 3.63) is 24.0 Å². The maximum atomic E-state index is 6.49. The SMILES string of the molecule is CC(C)(N)C12CC(CN(c3nccc(Nc4cc(C5CC5)[nH]n4)n3)C1)C2. The predicted molar refractivity (Wildman–Crippen MR) is 102 cm³/mol. The Morgan fingerprint density at radius 3 is 2.85 bits per heavy atom. The van der Waals surface area contributed by atoms with Crippen LogP contribution in [-0.2, 0) is 0 Å². The molecule has 7 heteroatoms. The van der Waals surface area contributed by atoms with Gasteiger partial charge >= 0.3 is 0 Å². The Kier molecular flexibility index (Phi) is 3.35. The van der Waals surface area contributed by atoms with Crippen LogP contribution in [0.15, 0.2) is 18.3 Å². The summed E-state index contributed by atoms with van der Waals surface area (Å²) in [6.45, 7) is 6.27. The van der Waals surface area contributed by atoms with Gasteiger partial charge in [-0.25, -0.2) is 4.98 Å². The first kappa shape index (κ1) is 16.1. The normalized spacial score (nSPS) is 28.0. The van der Waals surface area contributed by atoms with E-state index in [9.17, 15) is 0 Å². The molecule has 2 aliphatic heterocycles. The molecule has 4 N–H and O–H groups in total. The Labute approximate surface area is 153 Å². The van der Waals surface area contributed by atoms with Gasteiger partial charge < -0.3 is 16.0 Å². The number of piperidine rings is 2. The zero-order valence-corrected chi connectivity index (χ0v) is 15.5. The third-order valence-electron chi connectivity index (χ3n) is 6.49. The van der Waals surface area contributed by atoms with E-state index in [1.54, 1.807) is 0 Å². The number of hydrogen-bond acceptors (Lipinski definition) is 6. The molecule has 138 valence electrons. The summed E-state index contributed by atoms with van der Waals surface area (Å²) in [7, 11) is 0. The van der Waals surface area contributed by atoms with E-state index < -0.39 is 0 Å². The molecule has 4 aliphatic rings. The number of H-pyrrole nitrogens is 1. The summed E-state index contributed by atoms with van der Waals surface area (Å²) in [6, 6.07) is 3.98. The van der Waals surface area contributed by atoms with E-state index in [1.807, 2.05) is 12.3 Å². The van der Waals surface area contributed by atoms with Crippen LogP contribution in [0.4, 0.5) is 17.6 Å². The maximum absolute atomic E-state index is 6.49. The van der Waals surface area contributed by atoms with Crippen LogP contribution < -0.4 is 16.0 Å². The molecule has 4 fully saturated rings. The third kappa shape index (κ3) is 2.65. The number of nitrogens with one attached hydrogen (secondary N) is 2. The first-order chi connectivity index (χ1) is 12.4. The lowest BCUT2D eigenvalue weighted by molar-refractivity contribution is -0.0289. The molecular formula is C19H27N7. The molecule has 7 nitrogen and oxygen atoms in total. The van der Waals surface area contributed by atoms with Gasteiger partial charge in [-0.2, -0.15) is 10.1 Å². The van der Waals surface area contributed by atoms with Crippen molar-refractivity contribution in [3.63, 3.8) is 0 Å². The Morgan fingerprint density at radius 1 is 1.31 bits per heavy atom. The van der Waals surface area contributed by atoms with Crippen LogP contribution in [0, 0.1) is 11.3 Å². The average Bonchev–Trinajstić information content (AvgIpc) is 3.33. The van der Waals surface area contributed by atoms with E-state index in [2.05, 4.69) is 45.3 Å². The van der Waals surface area contributed by atoms with Gasteiger partial charge in [-0.1, -0.05) is 0 Å². The minimum Gasteiger partial charge on any atom is -0.340 e. The molecule has 2 aromatic heterocycles. The van der Waals surface area contributed by atoms with Gasteiger partial charge in [0.1, 0.15) is 5.82 Å². The highest BCUT2D eigenvalue weighted by molar-refractivity contribution is 5.54. The minimum absolute atomic E-state index is 0.174. The third-order valence-corrected chi connectivity index (χ3v) is 6.49. The summed E-state index contributed by atoms with van der Waals surface area (Å²) in [5.74, 6) is 3.75. The number of aromatic amines is 1. The van der Waals surface area contributed by atoms with Crippen molar-refractivity contribution in [1.82, 2.24) is 20.2 Å². The molecule has 0 amide bonds. The fraction of sp³-hybridized carbons (Fsp3) is 0.632. The molecule has 2 bridgehead atoms. The first-order valence-electron chi connectivity index (χ1n) is 9.61. The fourth-order valence-electron chi connectivity index (χ4n) is 4.63. The highest BCUT2D eigenvalue weighted by Crippen LogP contribution is 2.55. The monoisotopic (exact) mass is 353 g/mol. The molecule has 0 unspecified atom stereocenters. The summed E-state index contributed by atoms with van der Waals surface area (Å²) in [4.78, 5) is 11.6. The molecule has 26 heavy (non-hydrogen) atoms. The zero-order valence-electron chi connectivity index (χ0n) is 15.5. The lowest BCUT2D eigenvalue weighted by Gasteiger charge is -2.62. The molecule has 6 rings (SSSR count). The van der Waals surface area contributed by atoms with Crippen molar-refractivity contribution in [3.8, 4) is 0 Å². The summed E-state index contributed by atoms with van der Waals surface area (Å²) in [5.41, 5.74) is 7.72. The molecule has 2 aliphatic carbocycles. The highest BCUT2D eigenvalue weighted by Gasteiger charge is 2.56. The highest BCUT2D eigenvalue weighted by atomic mass is 15.3. The molecule has 0 atom stereocenters. The molecule has 4 heterocycles. The van der Waals surface area contributed by atoms with Gasteiger partial charge in [0.15, 0.2) is 5.82 Å². The van der Waals surface area contributed by atoms with Crippen molar-refractivity contribution in [1.29, 1.82) is 0 Å². The van der Waals surface area contributed by atoms with Crippen LogP contribution in [0.25, 0.3) is 0 Å². The van der Waals surface area contributed by atoms with E-state index in [1.165, 1.54) is 31.4 Å². The molecule has 2 aromatic rings. The van der Waals surface area contributed by atoms with E-state index in [-0.39, 0.29) is 11.0 Å². The number of anilines is 3. The average molecular weight is 353 g/mol. The largest absolute Gasteiger partial charge is 0.340 e. The van der Waals surface area contributed by atoms with Crippen molar-refractivity contribution >= 4 is 17.6 Å². The Balaban J connectivity index is 1.33. The second-order valence-corrected chi connectivity index (χ2v) is 9.01. The Morgan fingerprint density at radius 2 is 2.12 bits per heavy atom. The van der Waals surface area contributed by atoms with Crippen LogP contribution in [0.3, 0.4) is 0 Å². The van der Waals surface area contributed by atoms with Crippen molar-refractivity contribution in [2.24, 2.45) is 17.1 Å². The quantitative estimate of drug-likeness (QED) is 0.765. The van der Waals surface area contributed by atoms with Crippen molar-refractivity contribution < 1.29 is 0 Å². The van der Waals surface area contributed by atoms with Crippen LogP contribution in [0.1, 0.15) is 51.1 Å². The van der Waals surface area contributed by atoms with Gasteiger partial charge in [0.25, 0.3) is 0 Å². The van der Waals surface area contributed by atoms with E-state index in [0.29, 0.717) is 11.8 Å². The summed E-state index contributed by atoms with van der Waals surface area (Å²) >= 11 is 0. The van der Waals surface area contributed by atoms with Crippen LogP contribution in [0.5, 0.6) is 0 Å². The zero-order chi connectivity index (χ0) is 17.9. The van der Waals surface area contributed by atoms with Gasteiger partial charge in [0.05, 0.1) is 0 Å². The second-order valence-electron chi connectivity index (χ2n) is 9.01. The molecule has 2 saturated carbocycles. The van der Waals surface area contributed by atoms with Gasteiger partial charge in [-0.15, -0.1) is 0 Å². The van der Waals surface area contributed by atoms with Crippen LogP contribution >= 0.6 is 0 Å². The molecule has 2 saturated heterocycles. The van der Waals surface area contributed by atoms with Gasteiger partial charge in [-0.05, 0) is 51.5 Å². The minimum atomic E-state index is -0.174. The topological polar surface area (TPSA) is 95.8 Å². The lowest BCUT2D eigenvalue weighted by atomic mass is 9.51. The Bertz CT molecular complexity index is 811. The second kappa shape index (κ2) is 5.42. The number of aromatic nitrogens is 4. The van der Waals surface area contributed by atoms with Gasteiger partial charge in [-0.3, -0.25) is 5.10 Å². The standard InChI is InChI=1S/C19H27N7/c1-18(2,20)19-8-12(9-19)10-26(11-19)17-21-6-5-15(23-17)22-16-7-14(24-25-16)13-3-4-13/h5-7,12-13H,3-4,8-11,20H2,1-2H3,(H2,21,22,23,24,25). The van der Waals surface area contributed by atoms with E-state index in [4.69, 9.17) is 10.7 Å². The molecular weight excluding hydrogens is 326 g/mol. The molecule has 0 aromatic carbocycles. The Hall–Kier alpha value is -2.15. The summed E-state index contributed by atoms with van der Waals surface area (Å²) < 4.78 is 0. The fourth-order valence-corrected chi connectivity index (χ4v) is 4.63. The summed E-state index contributed by atoms with van der Waals surface area (Å²) in [5, 5.41) is 10.8. The van der Waals surface area contributed by atoms with Crippen molar-refractivity contribution in [2.45, 2.75) is 51.0 Å². The first-order valence-corrected chi connectivity index (χ1v) is 9.61. The molecule has 0 radical (unpaired) electrons. The van der Waals surface area contributed by atoms with Crippen molar-refractivity contribution in [2.75, 3.05) is 23.3 Å². The number of nitrogens with two attached hydrogens (primary N) is 1. The number of nitrogens with zero attached hydrogens (tertiary/aromatic N) is 4. The smallest absolute Gasteiger partial charge is 0.227 e. The van der Waals surface area contributed by atoms with Gasteiger partial charge in [0, 0.05) is 47.9 Å². The number of rotatable bonds is 5. The molecule has 0 spiro atoms. The number of fused-ring (bicyclic) bond motifs is 2. The lowest BCUT2D eigenvalue weighted by Crippen LogP contribution is -2.67. The predicted octanol–water partition coefficient (Wildman–Crippen LogP) is 2.77. The van der Waals surface area contributed by atoms with E-state index >= 15 is 0 Å². The maximum Gasteiger partial charge on any atom is 0.227 e. The van der Waals surface area contributed by atoms with Crippen LogP contribution in [-0.4, -0.2) is 38.8 Å². The number of hydrogen-bond donors (Lipinski definition) is 3. The van der Waals surface area contributed by atoms with Crippen LogP contribution in [0.2, 0.25) is 0 Å². The summed E-state index contributed by atoms with van der Waals surface area (Å²) in [6.07, 6.45) is 6.78. The van der Waals surface area contributed by atoms with E-state index in [0.717, 1.165) is 30.7 Å². The van der Waals surface area contributed by atoms with Gasteiger partial charge in [0.2, 0.25) is 5.95 Å².